The lowest BCUT2D eigenvalue weighted by molar-refractivity contribution is 0.515. The Kier molecular flexibility index (Phi) is 4.71. The number of halogens is 2. The van der Waals surface area contributed by atoms with Crippen molar-refractivity contribution in [1.82, 2.24) is 15.1 Å². The molecule has 0 bridgehead atoms. The van der Waals surface area contributed by atoms with E-state index < -0.39 is 0 Å². The molecule has 2 aromatic rings. The number of nitrogens with zero attached hydrogens (tertiary/aromatic N) is 2. The molecule has 2 rings (SSSR count). The minimum atomic E-state index is -0.218. The van der Waals surface area contributed by atoms with E-state index in [0.29, 0.717) is 5.56 Å². The number of aromatic nitrogens is 2. The van der Waals surface area contributed by atoms with Crippen LogP contribution in [0.25, 0.3) is 0 Å². The lowest BCUT2D eigenvalue weighted by atomic mass is 10.0. The van der Waals surface area contributed by atoms with Crippen LogP contribution in [0.2, 0.25) is 0 Å². The summed E-state index contributed by atoms with van der Waals surface area (Å²) in [6.45, 7) is 5.56. The fourth-order valence-electron chi connectivity index (χ4n) is 2.17. The number of benzene rings is 1. The zero-order chi connectivity index (χ0) is 13.8. The fourth-order valence-corrected chi connectivity index (χ4v) is 2.50. The van der Waals surface area contributed by atoms with E-state index in [1.165, 1.54) is 6.07 Å². The number of aryl methyl sites for hydroxylation is 1. The van der Waals surface area contributed by atoms with Crippen LogP contribution in [0.4, 0.5) is 4.39 Å². The van der Waals surface area contributed by atoms with Crippen LogP contribution in [-0.2, 0) is 6.54 Å². The zero-order valence-electron chi connectivity index (χ0n) is 11.0. The molecule has 0 aliphatic rings. The van der Waals surface area contributed by atoms with Crippen LogP contribution >= 0.6 is 15.9 Å². The minimum Gasteiger partial charge on any atom is -0.305 e. The van der Waals surface area contributed by atoms with Crippen molar-refractivity contribution in [2.45, 2.75) is 26.4 Å². The Morgan fingerprint density at radius 1 is 1.37 bits per heavy atom. The second kappa shape index (κ2) is 6.30. The molecule has 0 aliphatic heterocycles. The van der Waals surface area contributed by atoms with Crippen molar-refractivity contribution in [1.29, 1.82) is 0 Å². The van der Waals surface area contributed by atoms with Crippen molar-refractivity contribution < 1.29 is 4.39 Å². The highest BCUT2D eigenvalue weighted by Crippen LogP contribution is 2.26. The molecule has 102 valence electrons. The highest BCUT2D eigenvalue weighted by Gasteiger charge is 2.20. The summed E-state index contributed by atoms with van der Waals surface area (Å²) in [5.41, 5.74) is 1.62. The third-order valence-electron chi connectivity index (χ3n) is 3.03. The third kappa shape index (κ3) is 3.04. The summed E-state index contributed by atoms with van der Waals surface area (Å²) >= 11 is 3.28. The molecule has 0 aliphatic carbocycles. The summed E-state index contributed by atoms with van der Waals surface area (Å²) in [4.78, 5) is 0. The summed E-state index contributed by atoms with van der Waals surface area (Å²) in [5, 5.41) is 7.58. The van der Waals surface area contributed by atoms with Gasteiger partial charge in [0, 0.05) is 22.8 Å². The number of rotatable bonds is 5. The molecule has 1 unspecified atom stereocenters. The highest BCUT2D eigenvalue weighted by atomic mass is 79.9. The van der Waals surface area contributed by atoms with Crippen molar-refractivity contribution >= 4 is 15.9 Å². The third-order valence-corrected chi connectivity index (χ3v) is 3.52. The molecule has 0 saturated heterocycles. The van der Waals surface area contributed by atoms with Crippen molar-refractivity contribution in [3.63, 3.8) is 0 Å². The summed E-state index contributed by atoms with van der Waals surface area (Å²) in [6, 6.07) is 6.90. The van der Waals surface area contributed by atoms with Crippen LogP contribution < -0.4 is 5.32 Å². The van der Waals surface area contributed by atoms with Crippen LogP contribution in [0, 0.1) is 5.82 Å². The van der Waals surface area contributed by atoms with Gasteiger partial charge < -0.3 is 5.32 Å². The molecule has 1 N–H and O–H groups in total. The predicted octanol–water partition coefficient (Wildman–Crippen LogP) is 3.50. The molecule has 1 heterocycles. The Morgan fingerprint density at radius 2 is 2.16 bits per heavy atom. The second-order valence-corrected chi connectivity index (χ2v) is 5.14. The first-order valence-electron chi connectivity index (χ1n) is 6.37. The van der Waals surface area contributed by atoms with Crippen LogP contribution in [0.3, 0.4) is 0 Å². The molecule has 0 saturated carbocycles. The van der Waals surface area contributed by atoms with Crippen LogP contribution in [-0.4, -0.2) is 16.3 Å². The molecule has 1 aromatic heterocycles. The van der Waals surface area contributed by atoms with Crippen LogP contribution in [0.1, 0.15) is 31.1 Å². The first-order valence-corrected chi connectivity index (χ1v) is 7.16. The van der Waals surface area contributed by atoms with Crippen LogP contribution in [0.5, 0.6) is 0 Å². The lowest BCUT2D eigenvalue weighted by Crippen LogP contribution is -2.25. The Balaban J connectivity index is 2.45. The van der Waals surface area contributed by atoms with E-state index in [1.807, 2.05) is 30.7 Å². The SMILES string of the molecule is CCNC(c1ccc(Br)cc1F)c1ccnn1CC. The molecule has 0 fully saturated rings. The van der Waals surface area contributed by atoms with Crippen LogP contribution in [0.15, 0.2) is 34.9 Å². The Morgan fingerprint density at radius 3 is 2.79 bits per heavy atom. The van der Waals surface area contributed by atoms with Gasteiger partial charge >= 0.3 is 0 Å². The van der Waals surface area contributed by atoms with Gasteiger partial charge in [-0.3, -0.25) is 4.68 Å². The molecule has 1 aromatic carbocycles. The fraction of sp³-hybridized carbons (Fsp3) is 0.357. The molecule has 0 radical (unpaired) electrons. The summed E-state index contributed by atoms with van der Waals surface area (Å²) in [5.74, 6) is -0.218. The van der Waals surface area contributed by atoms with E-state index in [4.69, 9.17) is 0 Å². The van der Waals surface area contributed by atoms with E-state index >= 15 is 0 Å². The quantitative estimate of drug-likeness (QED) is 0.911. The van der Waals surface area contributed by atoms with Gasteiger partial charge in [0.15, 0.2) is 0 Å². The van der Waals surface area contributed by atoms with Gasteiger partial charge in [-0.05, 0) is 31.7 Å². The van der Waals surface area contributed by atoms with Crippen molar-refractivity contribution in [2.24, 2.45) is 0 Å². The van der Waals surface area contributed by atoms with Gasteiger partial charge in [0.25, 0.3) is 0 Å². The first-order chi connectivity index (χ1) is 9.17. The Hall–Kier alpha value is -1.20. The maximum Gasteiger partial charge on any atom is 0.129 e. The van der Waals surface area contributed by atoms with Gasteiger partial charge in [0.1, 0.15) is 5.82 Å². The Labute approximate surface area is 121 Å². The molecule has 5 heteroatoms. The largest absolute Gasteiger partial charge is 0.305 e. The molecule has 0 spiro atoms. The summed E-state index contributed by atoms with van der Waals surface area (Å²) < 4.78 is 16.8. The lowest BCUT2D eigenvalue weighted by Gasteiger charge is -2.20. The van der Waals surface area contributed by atoms with Crippen molar-refractivity contribution in [3.8, 4) is 0 Å². The van der Waals surface area contributed by atoms with Crippen molar-refractivity contribution in [2.75, 3.05) is 6.54 Å². The number of hydrogen-bond donors (Lipinski definition) is 1. The van der Waals surface area contributed by atoms with Gasteiger partial charge in [-0.2, -0.15) is 5.10 Å². The maximum atomic E-state index is 14.2. The second-order valence-electron chi connectivity index (χ2n) is 4.23. The molecular formula is C14H17BrFN3. The number of hydrogen-bond acceptors (Lipinski definition) is 2. The van der Waals surface area contributed by atoms with Gasteiger partial charge in [-0.1, -0.05) is 28.9 Å². The summed E-state index contributed by atoms with van der Waals surface area (Å²) in [7, 11) is 0. The van der Waals surface area contributed by atoms with Crippen molar-refractivity contribution in [3.05, 3.63) is 52.0 Å². The van der Waals surface area contributed by atoms with Gasteiger partial charge in [0.05, 0.1) is 11.7 Å². The minimum absolute atomic E-state index is 0.180. The first kappa shape index (κ1) is 14.2. The van der Waals surface area contributed by atoms with Gasteiger partial charge in [-0.15, -0.1) is 0 Å². The van der Waals surface area contributed by atoms with Gasteiger partial charge in [-0.25, -0.2) is 4.39 Å². The van der Waals surface area contributed by atoms with E-state index in [-0.39, 0.29) is 11.9 Å². The topological polar surface area (TPSA) is 29.9 Å². The molecule has 0 amide bonds. The standard InChI is InChI=1S/C14H17BrFN3/c1-3-17-14(13-7-8-18-19(13)4-2)11-6-5-10(15)9-12(11)16/h5-9,14,17H,3-4H2,1-2H3. The molecule has 3 nitrogen and oxygen atoms in total. The average molecular weight is 326 g/mol. The smallest absolute Gasteiger partial charge is 0.129 e. The molecule has 19 heavy (non-hydrogen) atoms. The van der Waals surface area contributed by atoms with E-state index in [9.17, 15) is 4.39 Å². The van der Waals surface area contributed by atoms with Gasteiger partial charge in [0.2, 0.25) is 0 Å². The van der Waals surface area contributed by atoms with E-state index in [0.717, 1.165) is 23.3 Å². The average Bonchev–Trinajstić information content (AvgIpc) is 2.85. The summed E-state index contributed by atoms with van der Waals surface area (Å²) in [6.07, 6.45) is 1.75. The zero-order valence-corrected chi connectivity index (χ0v) is 12.6. The molecular weight excluding hydrogens is 309 g/mol. The number of nitrogens with one attached hydrogen (secondary N) is 1. The van der Waals surface area contributed by atoms with E-state index in [1.54, 1.807) is 12.3 Å². The Bertz CT molecular complexity index is 553. The van der Waals surface area contributed by atoms with E-state index in [2.05, 4.69) is 26.3 Å². The predicted molar refractivity (Wildman–Crippen MR) is 77.5 cm³/mol. The normalized spacial score (nSPS) is 12.6. The molecule has 1 atom stereocenters. The highest BCUT2D eigenvalue weighted by molar-refractivity contribution is 9.10. The monoisotopic (exact) mass is 325 g/mol. The maximum absolute atomic E-state index is 14.2.